The number of rotatable bonds is 5. The molecule has 0 unspecified atom stereocenters. The van der Waals surface area contributed by atoms with E-state index >= 15 is 0 Å². The Hall–Kier alpha value is -1.91. The summed E-state index contributed by atoms with van der Waals surface area (Å²) in [5.41, 5.74) is 4.57. The van der Waals surface area contributed by atoms with E-state index in [1.165, 1.54) is 49.0 Å². The highest BCUT2D eigenvalue weighted by Crippen LogP contribution is 2.34. The third-order valence-electron chi connectivity index (χ3n) is 5.11. The topological polar surface area (TPSA) is 28.2 Å². The van der Waals surface area contributed by atoms with Gasteiger partial charge in [-0.05, 0) is 49.7 Å². The summed E-state index contributed by atoms with van der Waals surface area (Å²) in [7, 11) is 0. The molecule has 0 atom stereocenters. The smallest absolute Gasteiger partial charge is 0.0723 e. The number of aromatic nitrogens is 1. The summed E-state index contributed by atoms with van der Waals surface area (Å²) in [6.07, 6.45) is 6.05. The fraction of sp³-hybridized carbons (Fsp3) is 0.375. The number of anilines is 1. The highest BCUT2D eigenvalue weighted by atomic mass is 79.9. The first-order valence-electron chi connectivity index (χ1n) is 10.4. The van der Waals surface area contributed by atoms with Gasteiger partial charge in [-0.3, -0.25) is 4.98 Å². The minimum Gasteiger partial charge on any atom is -0.383 e. The Kier molecular flexibility index (Phi) is 7.87. The summed E-state index contributed by atoms with van der Waals surface area (Å²) in [6, 6.07) is 16.8. The summed E-state index contributed by atoms with van der Waals surface area (Å²) >= 11 is 3.53. The number of nitrogens with one attached hydrogen (secondary N) is 1. The second-order valence-electron chi connectivity index (χ2n) is 6.90. The minimum absolute atomic E-state index is 0.956. The molecular weight excluding hydrogens is 410 g/mol. The molecule has 0 aliphatic carbocycles. The Morgan fingerprint density at radius 2 is 1.68 bits per heavy atom. The molecule has 1 aliphatic heterocycles. The zero-order chi connectivity index (χ0) is 19.8. The lowest BCUT2D eigenvalue weighted by Crippen LogP contribution is -2.33. The summed E-state index contributed by atoms with van der Waals surface area (Å²) < 4.78 is 1.09. The molecule has 0 bridgehead atoms. The van der Waals surface area contributed by atoms with Gasteiger partial charge in [0.15, 0.2) is 0 Å². The van der Waals surface area contributed by atoms with E-state index in [-0.39, 0.29) is 0 Å². The second kappa shape index (κ2) is 10.6. The molecule has 28 heavy (non-hydrogen) atoms. The first kappa shape index (κ1) is 20.8. The normalized spacial score (nSPS) is 14.4. The third-order valence-corrected chi connectivity index (χ3v) is 5.64. The predicted octanol–water partition coefficient (Wildman–Crippen LogP) is 6.59. The van der Waals surface area contributed by atoms with Crippen molar-refractivity contribution < 1.29 is 0 Å². The Morgan fingerprint density at radius 3 is 2.43 bits per heavy atom. The van der Waals surface area contributed by atoms with Gasteiger partial charge in [0.2, 0.25) is 0 Å². The molecule has 0 radical (unpaired) electrons. The fourth-order valence-electron chi connectivity index (χ4n) is 3.70. The number of piperidine rings is 1. The van der Waals surface area contributed by atoms with Gasteiger partial charge < -0.3 is 10.2 Å². The van der Waals surface area contributed by atoms with Gasteiger partial charge in [0, 0.05) is 34.7 Å². The molecular formula is C24H30BrN3. The first-order chi connectivity index (χ1) is 13.8. The highest BCUT2D eigenvalue weighted by molar-refractivity contribution is 9.10. The number of pyridine rings is 1. The van der Waals surface area contributed by atoms with Crippen LogP contribution in [0.4, 0.5) is 5.69 Å². The highest BCUT2D eigenvalue weighted by Gasteiger charge is 2.13. The summed E-state index contributed by atoms with van der Waals surface area (Å²) in [6.45, 7) is 8.52. The fourth-order valence-corrected chi connectivity index (χ4v) is 3.97. The van der Waals surface area contributed by atoms with Gasteiger partial charge in [0.25, 0.3) is 0 Å². The van der Waals surface area contributed by atoms with Gasteiger partial charge in [0.05, 0.1) is 11.2 Å². The molecule has 1 aliphatic rings. The standard InChI is InChI=1S/C22H24BrN3.C2H6/c23-18-10-8-17(9-11-18)20-16-25-21-7-3-2-6-19(21)22(20)24-12-15-26-13-4-1-5-14-26;1-2/h2-3,6-11,16H,1,4-5,12-15H2,(H,24,25);1-2H3. The number of hydrogen-bond donors (Lipinski definition) is 1. The van der Waals surface area contributed by atoms with Gasteiger partial charge in [-0.25, -0.2) is 0 Å². The molecule has 0 amide bonds. The van der Waals surface area contributed by atoms with Gasteiger partial charge in [0.1, 0.15) is 0 Å². The van der Waals surface area contributed by atoms with Crippen molar-refractivity contribution in [3.63, 3.8) is 0 Å². The zero-order valence-electron chi connectivity index (χ0n) is 16.9. The molecule has 2 heterocycles. The van der Waals surface area contributed by atoms with E-state index in [1.54, 1.807) is 0 Å². The molecule has 0 saturated carbocycles. The SMILES string of the molecule is Brc1ccc(-c2cnc3ccccc3c2NCCN2CCCCC2)cc1.CC. The Labute approximate surface area is 177 Å². The van der Waals surface area contributed by atoms with Gasteiger partial charge in [-0.1, -0.05) is 66.5 Å². The van der Waals surface area contributed by atoms with Crippen molar-refractivity contribution in [1.29, 1.82) is 0 Å². The van der Waals surface area contributed by atoms with Gasteiger partial charge in [-0.2, -0.15) is 0 Å². The van der Waals surface area contributed by atoms with Crippen LogP contribution < -0.4 is 5.32 Å². The van der Waals surface area contributed by atoms with Crippen LogP contribution in [0.1, 0.15) is 33.1 Å². The van der Waals surface area contributed by atoms with Crippen molar-refractivity contribution in [1.82, 2.24) is 9.88 Å². The molecule has 2 aromatic carbocycles. The molecule has 4 heteroatoms. The number of hydrogen-bond acceptors (Lipinski definition) is 3. The maximum absolute atomic E-state index is 4.68. The molecule has 148 valence electrons. The number of nitrogens with zero attached hydrogens (tertiary/aromatic N) is 2. The number of para-hydroxylation sites is 1. The van der Waals surface area contributed by atoms with Gasteiger partial charge in [-0.15, -0.1) is 0 Å². The average Bonchev–Trinajstić information content (AvgIpc) is 2.77. The largest absolute Gasteiger partial charge is 0.383 e. The van der Waals surface area contributed by atoms with E-state index < -0.39 is 0 Å². The van der Waals surface area contributed by atoms with Crippen molar-refractivity contribution in [2.45, 2.75) is 33.1 Å². The Balaban J connectivity index is 0.00000109. The molecule has 1 fully saturated rings. The van der Waals surface area contributed by atoms with E-state index in [0.29, 0.717) is 0 Å². The van der Waals surface area contributed by atoms with Crippen molar-refractivity contribution in [2.24, 2.45) is 0 Å². The lowest BCUT2D eigenvalue weighted by Gasteiger charge is -2.27. The summed E-state index contributed by atoms with van der Waals surface area (Å²) in [5, 5.41) is 4.91. The van der Waals surface area contributed by atoms with Crippen LogP contribution in [0.5, 0.6) is 0 Å². The average molecular weight is 440 g/mol. The van der Waals surface area contributed by atoms with E-state index in [4.69, 9.17) is 0 Å². The number of halogens is 1. The van der Waals surface area contributed by atoms with E-state index in [9.17, 15) is 0 Å². The Morgan fingerprint density at radius 1 is 0.964 bits per heavy atom. The molecule has 1 aromatic heterocycles. The van der Waals surface area contributed by atoms with E-state index in [2.05, 4.69) is 73.6 Å². The quantitative estimate of drug-likeness (QED) is 0.485. The van der Waals surface area contributed by atoms with Crippen LogP contribution in [0.2, 0.25) is 0 Å². The van der Waals surface area contributed by atoms with Crippen molar-refractivity contribution in [2.75, 3.05) is 31.5 Å². The van der Waals surface area contributed by atoms with Crippen LogP contribution in [-0.4, -0.2) is 36.1 Å². The van der Waals surface area contributed by atoms with Crippen LogP contribution in [0, 0.1) is 0 Å². The van der Waals surface area contributed by atoms with Crippen molar-refractivity contribution in [3.05, 3.63) is 59.2 Å². The molecule has 4 rings (SSSR count). The maximum atomic E-state index is 4.68. The van der Waals surface area contributed by atoms with Crippen LogP contribution >= 0.6 is 15.9 Å². The van der Waals surface area contributed by atoms with Crippen LogP contribution in [0.3, 0.4) is 0 Å². The first-order valence-corrected chi connectivity index (χ1v) is 11.2. The number of benzene rings is 2. The van der Waals surface area contributed by atoms with E-state index in [0.717, 1.165) is 28.6 Å². The minimum atomic E-state index is 0.956. The molecule has 1 N–H and O–H groups in total. The van der Waals surface area contributed by atoms with Crippen LogP contribution in [0.15, 0.2) is 59.2 Å². The van der Waals surface area contributed by atoms with Gasteiger partial charge >= 0.3 is 0 Å². The monoisotopic (exact) mass is 439 g/mol. The molecule has 3 nitrogen and oxygen atoms in total. The molecule has 3 aromatic rings. The number of likely N-dealkylation sites (tertiary alicyclic amines) is 1. The van der Waals surface area contributed by atoms with Crippen LogP contribution in [-0.2, 0) is 0 Å². The lowest BCUT2D eigenvalue weighted by atomic mass is 10.0. The molecule has 0 spiro atoms. The predicted molar refractivity (Wildman–Crippen MR) is 125 cm³/mol. The van der Waals surface area contributed by atoms with E-state index in [1.807, 2.05) is 26.1 Å². The zero-order valence-corrected chi connectivity index (χ0v) is 18.5. The van der Waals surface area contributed by atoms with Crippen LogP contribution in [0.25, 0.3) is 22.0 Å². The maximum Gasteiger partial charge on any atom is 0.0723 e. The Bertz CT molecular complexity index is 871. The molecule has 1 saturated heterocycles. The summed E-state index contributed by atoms with van der Waals surface area (Å²) in [5.74, 6) is 0. The third kappa shape index (κ3) is 5.12. The second-order valence-corrected chi connectivity index (χ2v) is 7.82. The number of fused-ring (bicyclic) bond motifs is 1. The lowest BCUT2D eigenvalue weighted by molar-refractivity contribution is 0.237. The summed E-state index contributed by atoms with van der Waals surface area (Å²) in [4.78, 5) is 7.25. The van der Waals surface area contributed by atoms with Crippen molar-refractivity contribution in [3.8, 4) is 11.1 Å². The van der Waals surface area contributed by atoms with Crippen molar-refractivity contribution >= 4 is 32.5 Å².